The quantitative estimate of drug-likeness (QED) is 0.692. The minimum absolute atomic E-state index is 0.0655. The second-order valence-electron chi connectivity index (χ2n) is 7.95. The van der Waals surface area contributed by atoms with E-state index in [-0.39, 0.29) is 30.5 Å². The van der Waals surface area contributed by atoms with Crippen molar-refractivity contribution >= 4 is 11.8 Å². The van der Waals surface area contributed by atoms with Gasteiger partial charge < -0.3 is 14.5 Å². The molecule has 1 aromatic heterocycles. The summed E-state index contributed by atoms with van der Waals surface area (Å²) in [5.74, 6) is -3.52. The summed E-state index contributed by atoms with van der Waals surface area (Å²) in [5.41, 5.74) is 1.15. The summed E-state index contributed by atoms with van der Waals surface area (Å²) < 4.78 is 34.9. The maximum absolute atomic E-state index is 14.1. The number of carbonyl (C=O) groups is 2. The third kappa shape index (κ3) is 5.25. The number of nitrogens with zero attached hydrogens (tertiary/aromatic N) is 5. The van der Waals surface area contributed by atoms with Crippen LogP contribution in [0.2, 0.25) is 0 Å². The zero-order valence-corrected chi connectivity index (χ0v) is 17.1. The molecule has 0 radical (unpaired) electrons. The van der Waals surface area contributed by atoms with E-state index in [0.717, 1.165) is 5.56 Å². The number of amides is 2. The third-order valence-electron chi connectivity index (χ3n) is 5.62. The Morgan fingerprint density at radius 1 is 1.16 bits per heavy atom. The number of likely N-dealkylation sites (tertiary alicyclic amines) is 1. The lowest BCUT2D eigenvalue weighted by atomic mass is 10.1. The molecular weight excluding hydrogens is 408 g/mol. The van der Waals surface area contributed by atoms with Crippen molar-refractivity contribution < 1.29 is 23.1 Å². The fourth-order valence-corrected chi connectivity index (χ4v) is 4.02. The average Bonchev–Trinajstić information content (AvgIpc) is 3.36. The van der Waals surface area contributed by atoms with Gasteiger partial charge in [-0.2, -0.15) is 0 Å². The number of benzene rings is 1. The van der Waals surface area contributed by atoms with E-state index in [2.05, 4.69) is 10.3 Å². The van der Waals surface area contributed by atoms with Gasteiger partial charge in [0.15, 0.2) is 5.69 Å². The van der Waals surface area contributed by atoms with E-state index in [1.54, 1.807) is 4.90 Å². The molecule has 2 aromatic rings. The molecule has 4 rings (SSSR count). The number of hydrogen-bond acceptors (Lipinski definition) is 5. The topological polar surface area (TPSA) is 80.6 Å². The maximum Gasteiger partial charge on any atom is 0.276 e. The van der Waals surface area contributed by atoms with E-state index in [0.29, 0.717) is 32.7 Å². The molecule has 31 heavy (non-hydrogen) atoms. The zero-order chi connectivity index (χ0) is 21.8. The lowest BCUT2D eigenvalue weighted by Gasteiger charge is -2.25. The van der Waals surface area contributed by atoms with Gasteiger partial charge in [-0.3, -0.25) is 9.59 Å². The van der Waals surface area contributed by atoms with Gasteiger partial charge in [0, 0.05) is 25.9 Å². The first-order valence-corrected chi connectivity index (χ1v) is 10.4. The summed E-state index contributed by atoms with van der Waals surface area (Å²) in [6, 6.07) is 8.77. The van der Waals surface area contributed by atoms with Crippen molar-refractivity contribution in [3.63, 3.8) is 0 Å². The van der Waals surface area contributed by atoms with Crippen LogP contribution in [-0.4, -0.2) is 81.4 Å². The van der Waals surface area contributed by atoms with Gasteiger partial charge in [0.1, 0.15) is 0 Å². The fourth-order valence-electron chi connectivity index (χ4n) is 4.02. The summed E-state index contributed by atoms with van der Waals surface area (Å²) in [4.78, 5) is 28.1. The molecule has 0 spiro atoms. The Labute approximate surface area is 178 Å². The molecule has 1 atom stereocenters. The number of halogens is 2. The highest BCUT2D eigenvalue weighted by molar-refractivity contribution is 5.92. The lowest BCUT2D eigenvalue weighted by molar-refractivity contribution is -0.133. The molecule has 3 heterocycles. The molecule has 0 aliphatic carbocycles. The van der Waals surface area contributed by atoms with Crippen LogP contribution >= 0.6 is 0 Å². The van der Waals surface area contributed by atoms with Crippen LogP contribution in [0.25, 0.3) is 0 Å². The van der Waals surface area contributed by atoms with Crippen LogP contribution in [0.15, 0.2) is 36.5 Å². The number of hydrogen-bond donors (Lipinski definition) is 0. The van der Waals surface area contributed by atoms with E-state index in [1.807, 2.05) is 30.3 Å². The molecule has 8 nitrogen and oxygen atoms in total. The Kier molecular flexibility index (Phi) is 6.26. The minimum Gasteiger partial charge on any atom is -0.378 e. The van der Waals surface area contributed by atoms with Crippen molar-refractivity contribution in [3.05, 3.63) is 47.8 Å². The first-order chi connectivity index (χ1) is 14.9. The standard InChI is InChI=1S/C21H25F2N5O3/c22-21(23)12-17(28(15-21)19(29)7-6-16-4-2-1-3-5-16)13-27-14-18(24-25-27)20(30)26-8-10-31-11-9-26/h1-5,14,17H,6-13,15H2/t17-/m0/s1. The molecule has 166 valence electrons. The maximum atomic E-state index is 14.1. The number of morpholine rings is 1. The van der Waals surface area contributed by atoms with Gasteiger partial charge in [0.05, 0.1) is 38.5 Å². The first kappa shape index (κ1) is 21.4. The fraction of sp³-hybridized carbons (Fsp3) is 0.524. The van der Waals surface area contributed by atoms with E-state index in [1.165, 1.54) is 15.8 Å². The van der Waals surface area contributed by atoms with E-state index < -0.39 is 24.9 Å². The monoisotopic (exact) mass is 433 g/mol. The lowest BCUT2D eigenvalue weighted by Crippen LogP contribution is -2.40. The van der Waals surface area contributed by atoms with Crippen LogP contribution in [0.5, 0.6) is 0 Å². The van der Waals surface area contributed by atoms with Crippen LogP contribution < -0.4 is 0 Å². The average molecular weight is 433 g/mol. The predicted octanol–water partition coefficient (Wildman–Crippen LogP) is 1.62. The van der Waals surface area contributed by atoms with Gasteiger partial charge in [0.25, 0.3) is 11.8 Å². The predicted molar refractivity (Wildman–Crippen MR) is 107 cm³/mol. The van der Waals surface area contributed by atoms with Crippen molar-refractivity contribution in [1.29, 1.82) is 0 Å². The van der Waals surface area contributed by atoms with Crippen LogP contribution in [0.3, 0.4) is 0 Å². The van der Waals surface area contributed by atoms with Crippen LogP contribution in [0, 0.1) is 0 Å². The number of aromatic nitrogens is 3. The number of alkyl halides is 2. The molecule has 2 aliphatic rings. The molecule has 2 fully saturated rings. The molecule has 2 saturated heterocycles. The van der Waals surface area contributed by atoms with Crippen LogP contribution in [0.4, 0.5) is 8.78 Å². The molecule has 0 bridgehead atoms. The Hall–Kier alpha value is -2.88. The van der Waals surface area contributed by atoms with Crippen molar-refractivity contribution in [2.45, 2.75) is 37.8 Å². The smallest absolute Gasteiger partial charge is 0.276 e. The van der Waals surface area contributed by atoms with Gasteiger partial charge in [-0.05, 0) is 12.0 Å². The van der Waals surface area contributed by atoms with Crippen molar-refractivity contribution in [1.82, 2.24) is 24.8 Å². The molecule has 2 aliphatic heterocycles. The highest BCUT2D eigenvalue weighted by Gasteiger charge is 2.46. The number of aryl methyl sites for hydroxylation is 1. The number of ether oxygens (including phenoxy) is 1. The van der Waals surface area contributed by atoms with Crippen LogP contribution in [0.1, 0.15) is 28.9 Å². The summed E-state index contributed by atoms with van der Waals surface area (Å²) >= 11 is 0. The van der Waals surface area contributed by atoms with E-state index in [9.17, 15) is 18.4 Å². The second-order valence-corrected chi connectivity index (χ2v) is 7.95. The van der Waals surface area contributed by atoms with E-state index >= 15 is 0 Å². The molecule has 2 amide bonds. The Morgan fingerprint density at radius 3 is 2.65 bits per heavy atom. The van der Waals surface area contributed by atoms with Gasteiger partial charge in [-0.15, -0.1) is 5.10 Å². The zero-order valence-electron chi connectivity index (χ0n) is 17.1. The molecular formula is C21H25F2N5O3. The van der Waals surface area contributed by atoms with Gasteiger partial charge in [-0.25, -0.2) is 13.5 Å². The minimum atomic E-state index is -2.94. The normalized spacial score (nSPS) is 20.8. The van der Waals surface area contributed by atoms with Gasteiger partial charge >= 0.3 is 0 Å². The summed E-state index contributed by atoms with van der Waals surface area (Å²) in [5, 5.41) is 7.84. The number of carbonyl (C=O) groups excluding carboxylic acids is 2. The number of rotatable bonds is 6. The SMILES string of the molecule is O=C(c1cn(C[C@@H]2CC(F)(F)CN2C(=O)CCc2ccccc2)nn1)N1CCOCC1. The molecule has 0 N–H and O–H groups in total. The third-order valence-corrected chi connectivity index (χ3v) is 5.62. The molecule has 1 aromatic carbocycles. The van der Waals surface area contributed by atoms with Crippen molar-refractivity contribution in [2.24, 2.45) is 0 Å². The Morgan fingerprint density at radius 2 is 1.90 bits per heavy atom. The molecule has 10 heteroatoms. The van der Waals surface area contributed by atoms with E-state index in [4.69, 9.17) is 4.74 Å². The summed E-state index contributed by atoms with van der Waals surface area (Å²) in [6.07, 6.45) is 1.68. The largest absolute Gasteiger partial charge is 0.378 e. The van der Waals surface area contributed by atoms with Crippen LogP contribution in [-0.2, 0) is 22.5 Å². The Balaban J connectivity index is 1.39. The first-order valence-electron chi connectivity index (χ1n) is 10.4. The van der Waals surface area contributed by atoms with Crippen molar-refractivity contribution in [3.8, 4) is 0 Å². The highest BCUT2D eigenvalue weighted by Crippen LogP contribution is 2.33. The summed E-state index contributed by atoms with van der Waals surface area (Å²) in [7, 11) is 0. The Bertz CT molecular complexity index is 915. The highest BCUT2D eigenvalue weighted by atomic mass is 19.3. The van der Waals surface area contributed by atoms with Gasteiger partial charge in [0.2, 0.25) is 5.91 Å². The second kappa shape index (κ2) is 9.09. The summed E-state index contributed by atoms with van der Waals surface area (Å²) in [6.45, 7) is 1.36. The molecule has 0 saturated carbocycles. The van der Waals surface area contributed by atoms with Crippen molar-refractivity contribution in [2.75, 3.05) is 32.8 Å². The molecule has 0 unspecified atom stereocenters. The van der Waals surface area contributed by atoms with Gasteiger partial charge in [-0.1, -0.05) is 35.5 Å².